The van der Waals surface area contributed by atoms with E-state index in [-0.39, 0.29) is 0 Å². The van der Waals surface area contributed by atoms with Crippen molar-refractivity contribution in [3.63, 3.8) is 0 Å². The molecular formula is C20H23N9. The average molecular weight is 389 g/mol. The number of fused-ring (bicyclic) bond motifs is 2. The van der Waals surface area contributed by atoms with Crippen molar-refractivity contribution in [3.8, 4) is 0 Å². The van der Waals surface area contributed by atoms with Gasteiger partial charge in [-0.1, -0.05) is 0 Å². The van der Waals surface area contributed by atoms with Crippen molar-refractivity contribution < 1.29 is 0 Å². The third-order valence-electron chi connectivity index (χ3n) is 5.45. The van der Waals surface area contributed by atoms with Crippen molar-refractivity contribution >= 4 is 28.3 Å². The van der Waals surface area contributed by atoms with Crippen LogP contribution in [-0.2, 0) is 0 Å². The van der Waals surface area contributed by atoms with Gasteiger partial charge in [-0.15, -0.1) is 15.3 Å². The highest BCUT2D eigenvalue weighted by atomic mass is 15.4. The van der Waals surface area contributed by atoms with Crippen molar-refractivity contribution in [2.24, 2.45) is 0 Å². The van der Waals surface area contributed by atoms with Gasteiger partial charge in [-0.3, -0.25) is 0 Å². The highest BCUT2D eigenvalue weighted by Gasteiger charge is 2.27. The molecule has 0 amide bonds. The quantitative estimate of drug-likeness (QED) is 0.527. The highest BCUT2D eigenvalue weighted by molar-refractivity contribution is 5.86. The van der Waals surface area contributed by atoms with Gasteiger partial charge in [0.25, 0.3) is 0 Å². The van der Waals surface area contributed by atoms with E-state index in [1.807, 2.05) is 54.7 Å². The van der Waals surface area contributed by atoms with E-state index in [9.17, 15) is 0 Å². The fourth-order valence-corrected chi connectivity index (χ4v) is 3.93. The molecule has 0 spiro atoms. The zero-order valence-electron chi connectivity index (χ0n) is 16.8. The van der Waals surface area contributed by atoms with Crippen LogP contribution >= 0.6 is 0 Å². The van der Waals surface area contributed by atoms with Crippen LogP contribution in [0.4, 0.5) is 11.6 Å². The van der Waals surface area contributed by atoms with Crippen molar-refractivity contribution in [1.82, 2.24) is 34.8 Å². The van der Waals surface area contributed by atoms with Crippen LogP contribution in [0.15, 0.2) is 30.5 Å². The maximum Gasteiger partial charge on any atom is 0.178 e. The maximum atomic E-state index is 4.72. The lowest BCUT2D eigenvalue weighted by Crippen LogP contribution is -2.34. The van der Waals surface area contributed by atoms with Crippen molar-refractivity contribution in [3.05, 3.63) is 42.1 Å². The Morgan fingerprint density at radius 2 is 1.86 bits per heavy atom. The van der Waals surface area contributed by atoms with Crippen LogP contribution in [0.1, 0.15) is 30.4 Å². The minimum absolute atomic E-state index is 0.318. The van der Waals surface area contributed by atoms with Gasteiger partial charge in [-0.05, 0) is 44.0 Å². The highest BCUT2D eigenvalue weighted by Crippen LogP contribution is 2.31. The Morgan fingerprint density at radius 1 is 1.03 bits per heavy atom. The summed E-state index contributed by atoms with van der Waals surface area (Å²) in [5, 5.41) is 14.5. The molecule has 0 aliphatic carbocycles. The third-order valence-corrected chi connectivity index (χ3v) is 5.45. The van der Waals surface area contributed by atoms with Gasteiger partial charge in [-0.2, -0.15) is 4.52 Å². The van der Waals surface area contributed by atoms with Crippen LogP contribution in [0.5, 0.6) is 0 Å². The van der Waals surface area contributed by atoms with Gasteiger partial charge in [0.2, 0.25) is 0 Å². The Labute approximate surface area is 168 Å². The third kappa shape index (κ3) is 3.12. The monoisotopic (exact) mass is 389 g/mol. The molecule has 0 atom stereocenters. The molecule has 5 rings (SSSR count). The topological polar surface area (TPSA) is 88.2 Å². The number of aryl methyl sites for hydroxylation is 1. The molecule has 1 saturated heterocycles. The molecule has 0 N–H and O–H groups in total. The fourth-order valence-electron chi connectivity index (χ4n) is 3.93. The molecule has 1 aliphatic rings. The van der Waals surface area contributed by atoms with Crippen LogP contribution < -0.4 is 9.80 Å². The first-order valence-corrected chi connectivity index (χ1v) is 9.84. The summed E-state index contributed by atoms with van der Waals surface area (Å²) in [5.74, 6) is 3.87. The Bertz CT molecular complexity index is 1180. The van der Waals surface area contributed by atoms with Gasteiger partial charge < -0.3 is 9.80 Å². The first-order valence-electron chi connectivity index (χ1n) is 9.84. The summed E-state index contributed by atoms with van der Waals surface area (Å²) in [6.07, 6.45) is 3.72. The normalized spacial score (nSPS) is 15.3. The van der Waals surface area contributed by atoms with Crippen molar-refractivity contribution in [2.75, 3.05) is 37.0 Å². The molecule has 29 heavy (non-hydrogen) atoms. The summed E-state index contributed by atoms with van der Waals surface area (Å²) >= 11 is 0. The molecule has 0 radical (unpaired) electrons. The zero-order valence-corrected chi connectivity index (χ0v) is 16.8. The van der Waals surface area contributed by atoms with E-state index >= 15 is 0 Å². The first kappa shape index (κ1) is 17.7. The van der Waals surface area contributed by atoms with Crippen LogP contribution in [0.2, 0.25) is 0 Å². The van der Waals surface area contributed by atoms with E-state index in [0.717, 1.165) is 65.9 Å². The number of hydrogen-bond acceptors (Lipinski definition) is 8. The second-order valence-electron chi connectivity index (χ2n) is 7.64. The molecule has 9 nitrogen and oxygen atoms in total. The number of nitrogens with zero attached hydrogens (tertiary/aromatic N) is 9. The van der Waals surface area contributed by atoms with Gasteiger partial charge in [0.05, 0.1) is 5.39 Å². The summed E-state index contributed by atoms with van der Waals surface area (Å²) in [6.45, 7) is 3.71. The van der Waals surface area contributed by atoms with E-state index in [4.69, 9.17) is 10.1 Å². The predicted octanol–water partition coefficient (Wildman–Crippen LogP) is 2.22. The van der Waals surface area contributed by atoms with E-state index in [1.54, 1.807) is 6.20 Å². The summed E-state index contributed by atoms with van der Waals surface area (Å²) < 4.78 is 1.89. The van der Waals surface area contributed by atoms with E-state index < -0.39 is 0 Å². The number of anilines is 2. The van der Waals surface area contributed by atoms with Gasteiger partial charge in [0, 0.05) is 39.3 Å². The second-order valence-corrected chi connectivity index (χ2v) is 7.64. The molecule has 9 heteroatoms. The van der Waals surface area contributed by atoms with Crippen LogP contribution in [0.25, 0.3) is 16.7 Å². The summed E-state index contributed by atoms with van der Waals surface area (Å²) in [7, 11) is 3.97. The van der Waals surface area contributed by atoms with E-state index in [2.05, 4.69) is 25.1 Å². The predicted molar refractivity (Wildman–Crippen MR) is 111 cm³/mol. The molecule has 0 saturated carbocycles. The molecular weight excluding hydrogens is 366 g/mol. The molecule has 4 aromatic heterocycles. The van der Waals surface area contributed by atoms with E-state index in [1.165, 1.54) is 0 Å². The number of hydrogen-bond donors (Lipinski definition) is 0. The molecule has 148 valence electrons. The van der Waals surface area contributed by atoms with Gasteiger partial charge in [-0.25, -0.2) is 15.0 Å². The van der Waals surface area contributed by atoms with Crippen LogP contribution in [0, 0.1) is 6.92 Å². The van der Waals surface area contributed by atoms with Crippen molar-refractivity contribution in [1.29, 1.82) is 0 Å². The molecule has 0 aromatic carbocycles. The number of rotatable bonds is 3. The minimum Gasteiger partial charge on any atom is -0.361 e. The Kier molecular flexibility index (Phi) is 4.22. The second kappa shape index (κ2) is 6.91. The zero-order chi connectivity index (χ0) is 20.0. The van der Waals surface area contributed by atoms with Gasteiger partial charge in [0.15, 0.2) is 17.1 Å². The SMILES string of the molecule is Cc1nc(N2CCC(c3nnc4ccc(N(C)C)nn34)CC2)c2cccnc2n1. The number of piperidine rings is 1. The lowest BCUT2D eigenvalue weighted by molar-refractivity contribution is 0.475. The number of pyridine rings is 1. The van der Waals surface area contributed by atoms with Crippen LogP contribution in [0.3, 0.4) is 0 Å². The lowest BCUT2D eigenvalue weighted by Gasteiger charge is -2.32. The van der Waals surface area contributed by atoms with Gasteiger partial charge >= 0.3 is 0 Å². The maximum absolute atomic E-state index is 4.72. The smallest absolute Gasteiger partial charge is 0.178 e. The standard InChI is InChI=1S/C20H23N9/c1-13-22-18-15(5-4-10-21-18)20(23-13)28-11-8-14(9-12-28)19-25-24-16-6-7-17(27(2)3)26-29(16)19/h4-7,10,14H,8-9,11-12H2,1-3H3. The Hall–Kier alpha value is -3.36. The van der Waals surface area contributed by atoms with Crippen LogP contribution in [-0.4, -0.2) is 61.9 Å². The molecule has 4 aromatic rings. The average Bonchev–Trinajstić information content (AvgIpc) is 3.16. The molecule has 1 fully saturated rings. The minimum atomic E-state index is 0.318. The summed E-state index contributed by atoms with van der Waals surface area (Å²) in [4.78, 5) is 17.9. The van der Waals surface area contributed by atoms with Gasteiger partial charge in [0.1, 0.15) is 17.5 Å². The Balaban J connectivity index is 1.42. The Morgan fingerprint density at radius 3 is 2.66 bits per heavy atom. The van der Waals surface area contributed by atoms with E-state index in [0.29, 0.717) is 5.92 Å². The summed E-state index contributed by atoms with van der Waals surface area (Å²) in [5.41, 5.74) is 1.54. The number of aromatic nitrogens is 7. The molecule has 1 aliphatic heterocycles. The summed E-state index contributed by atoms with van der Waals surface area (Å²) in [6, 6.07) is 7.92. The molecule has 0 bridgehead atoms. The molecule has 0 unspecified atom stereocenters. The lowest BCUT2D eigenvalue weighted by atomic mass is 9.96. The van der Waals surface area contributed by atoms with Crippen molar-refractivity contribution in [2.45, 2.75) is 25.7 Å². The first-order chi connectivity index (χ1) is 14.1. The fraction of sp³-hybridized carbons (Fsp3) is 0.400. The molecule has 5 heterocycles. The largest absolute Gasteiger partial charge is 0.361 e.